The van der Waals surface area contributed by atoms with Crippen LogP contribution in [0.3, 0.4) is 0 Å². The second kappa shape index (κ2) is 12.2. The Labute approximate surface area is 209 Å². The first kappa shape index (κ1) is 26.0. The Kier molecular flexibility index (Phi) is 8.79. The number of para-hydroxylation sites is 1. The maximum atomic E-state index is 13.7. The summed E-state index contributed by atoms with van der Waals surface area (Å²) < 4.78 is 24.9. The van der Waals surface area contributed by atoms with Gasteiger partial charge in [0, 0.05) is 5.69 Å². The number of aryl methyl sites for hydroxylation is 1. The monoisotopic (exact) mass is 487 g/mol. The fraction of sp³-hybridized carbons (Fsp3) is 0.179. The van der Waals surface area contributed by atoms with E-state index in [9.17, 15) is 19.2 Å². The van der Waals surface area contributed by atoms with Crippen molar-refractivity contribution in [2.75, 3.05) is 23.8 Å². The molecule has 3 rings (SSSR count). The molecule has 2 amide bonds. The number of amides is 2. The lowest BCUT2D eigenvalue weighted by Gasteiger charge is -2.13. The van der Waals surface area contributed by atoms with Gasteiger partial charge in [-0.3, -0.25) is 9.59 Å². The Bertz CT molecular complexity index is 1340. The van der Waals surface area contributed by atoms with E-state index in [0.29, 0.717) is 23.6 Å². The van der Waals surface area contributed by atoms with Crippen molar-refractivity contribution < 1.29 is 23.5 Å². The van der Waals surface area contributed by atoms with Crippen LogP contribution in [0.25, 0.3) is 6.08 Å². The Morgan fingerprint density at radius 3 is 2.44 bits per heavy atom. The highest BCUT2D eigenvalue weighted by molar-refractivity contribution is 6.10. The molecular formula is C28H26FN3O4. The molecule has 0 aromatic heterocycles. The first-order chi connectivity index (χ1) is 17.3. The average Bonchev–Trinajstić information content (AvgIpc) is 2.86. The molecule has 0 unspecified atom stereocenters. The fourth-order valence-electron chi connectivity index (χ4n) is 3.29. The standard InChI is InChI=1S/C28H26FN3O4/c1-4-35-26-15-20(14-21(16-30)28(34)32-23-11-7-8-18(2)19(23)3)12-13-25(26)36-17-27(33)31-24-10-6-5-9-22(24)29/h5-15H,4,17H2,1-3H3,(H,31,33)(H,32,34). The van der Waals surface area contributed by atoms with Crippen LogP contribution in [0.4, 0.5) is 15.8 Å². The predicted octanol–water partition coefficient (Wildman–Crippen LogP) is 5.40. The summed E-state index contributed by atoms with van der Waals surface area (Å²) in [5.74, 6) is -1.00. The van der Waals surface area contributed by atoms with E-state index in [0.717, 1.165) is 11.1 Å². The number of rotatable bonds is 9. The van der Waals surface area contributed by atoms with Crippen LogP contribution >= 0.6 is 0 Å². The molecule has 0 saturated heterocycles. The smallest absolute Gasteiger partial charge is 0.266 e. The van der Waals surface area contributed by atoms with Crippen molar-refractivity contribution in [2.45, 2.75) is 20.8 Å². The van der Waals surface area contributed by atoms with Crippen LogP contribution in [0.2, 0.25) is 0 Å². The molecule has 7 nitrogen and oxygen atoms in total. The van der Waals surface area contributed by atoms with Gasteiger partial charge in [0.15, 0.2) is 18.1 Å². The predicted molar refractivity (Wildman–Crippen MR) is 136 cm³/mol. The topological polar surface area (TPSA) is 100 Å². The summed E-state index contributed by atoms with van der Waals surface area (Å²) in [6, 6.07) is 18.1. The average molecular weight is 488 g/mol. The summed E-state index contributed by atoms with van der Waals surface area (Å²) in [5, 5.41) is 14.8. The van der Waals surface area contributed by atoms with E-state index >= 15 is 0 Å². The molecule has 0 spiro atoms. The number of anilines is 2. The lowest BCUT2D eigenvalue weighted by atomic mass is 10.1. The quantitative estimate of drug-likeness (QED) is 0.311. The molecule has 36 heavy (non-hydrogen) atoms. The van der Waals surface area contributed by atoms with E-state index in [1.807, 2.05) is 32.0 Å². The van der Waals surface area contributed by atoms with Crippen LogP contribution in [-0.4, -0.2) is 25.0 Å². The summed E-state index contributed by atoms with van der Waals surface area (Å²) in [6.45, 7) is 5.57. The molecule has 3 aromatic carbocycles. The third-order valence-electron chi connectivity index (χ3n) is 5.30. The summed E-state index contributed by atoms with van der Waals surface area (Å²) >= 11 is 0. The van der Waals surface area contributed by atoms with Crippen molar-refractivity contribution in [2.24, 2.45) is 0 Å². The van der Waals surface area contributed by atoms with Gasteiger partial charge in [-0.15, -0.1) is 0 Å². The van der Waals surface area contributed by atoms with Crippen LogP contribution in [0.5, 0.6) is 11.5 Å². The SMILES string of the molecule is CCOc1cc(C=C(C#N)C(=O)Nc2cccc(C)c2C)ccc1OCC(=O)Nc1ccccc1F. The Morgan fingerprint density at radius 2 is 1.72 bits per heavy atom. The second-order valence-corrected chi connectivity index (χ2v) is 7.83. The number of carbonyl (C=O) groups excluding carboxylic acids is 2. The van der Waals surface area contributed by atoms with Gasteiger partial charge < -0.3 is 20.1 Å². The number of nitriles is 1. The van der Waals surface area contributed by atoms with Crippen LogP contribution in [0.15, 0.2) is 66.2 Å². The zero-order valence-electron chi connectivity index (χ0n) is 20.2. The second-order valence-electron chi connectivity index (χ2n) is 7.83. The zero-order chi connectivity index (χ0) is 26.1. The van der Waals surface area contributed by atoms with Gasteiger partial charge >= 0.3 is 0 Å². The Morgan fingerprint density at radius 1 is 0.972 bits per heavy atom. The van der Waals surface area contributed by atoms with Crippen molar-refractivity contribution in [3.8, 4) is 17.6 Å². The largest absolute Gasteiger partial charge is 0.490 e. The van der Waals surface area contributed by atoms with Crippen LogP contribution in [0, 0.1) is 31.0 Å². The van der Waals surface area contributed by atoms with E-state index in [2.05, 4.69) is 10.6 Å². The summed E-state index contributed by atoms with van der Waals surface area (Å²) in [5.41, 5.74) is 3.08. The van der Waals surface area contributed by atoms with Gasteiger partial charge in [-0.05, 0) is 73.9 Å². The highest BCUT2D eigenvalue weighted by Gasteiger charge is 2.14. The number of hydrogen-bond acceptors (Lipinski definition) is 5. The van der Waals surface area contributed by atoms with Crippen molar-refractivity contribution in [3.05, 3.63) is 88.7 Å². The minimum Gasteiger partial charge on any atom is -0.490 e. The summed E-state index contributed by atoms with van der Waals surface area (Å²) in [6.07, 6.45) is 1.44. The summed E-state index contributed by atoms with van der Waals surface area (Å²) in [7, 11) is 0. The first-order valence-corrected chi connectivity index (χ1v) is 11.3. The van der Waals surface area contributed by atoms with Gasteiger partial charge in [0.1, 0.15) is 17.5 Å². The number of hydrogen-bond donors (Lipinski definition) is 2. The molecule has 8 heteroatoms. The van der Waals surface area contributed by atoms with E-state index in [1.165, 1.54) is 24.3 Å². The number of ether oxygens (including phenoxy) is 2. The number of nitrogens with zero attached hydrogens (tertiary/aromatic N) is 1. The van der Waals surface area contributed by atoms with Gasteiger partial charge in [0.05, 0.1) is 12.3 Å². The molecule has 0 saturated carbocycles. The van der Waals surface area contributed by atoms with Crippen molar-refractivity contribution in [3.63, 3.8) is 0 Å². The molecule has 0 aliphatic heterocycles. The highest BCUT2D eigenvalue weighted by Crippen LogP contribution is 2.30. The number of nitrogens with one attached hydrogen (secondary N) is 2. The molecule has 0 radical (unpaired) electrons. The Hall–Kier alpha value is -4.64. The van der Waals surface area contributed by atoms with Gasteiger partial charge in [-0.25, -0.2) is 4.39 Å². The van der Waals surface area contributed by atoms with Crippen LogP contribution in [-0.2, 0) is 9.59 Å². The van der Waals surface area contributed by atoms with E-state index in [4.69, 9.17) is 9.47 Å². The van der Waals surface area contributed by atoms with E-state index in [1.54, 1.807) is 37.3 Å². The van der Waals surface area contributed by atoms with Gasteiger partial charge in [-0.1, -0.05) is 30.3 Å². The summed E-state index contributed by atoms with van der Waals surface area (Å²) in [4.78, 5) is 24.9. The molecule has 0 fully saturated rings. The molecule has 0 aliphatic rings. The van der Waals surface area contributed by atoms with Gasteiger partial charge in [0.25, 0.3) is 11.8 Å². The molecule has 0 atom stereocenters. The van der Waals surface area contributed by atoms with E-state index in [-0.39, 0.29) is 23.6 Å². The van der Waals surface area contributed by atoms with Crippen molar-refractivity contribution in [1.29, 1.82) is 5.26 Å². The zero-order valence-corrected chi connectivity index (χ0v) is 20.2. The Balaban J connectivity index is 1.74. The van der Waals surface area contributed by atoms with Crippen LogP contribution < -0.4 is 20.1 Å². The molecular weight excluding hydrogens is 461 g/mol. The normalized spacial score (nSPS) is 10.8. The number of halogens is 1. The lowest BCUT2D eigenvalue weighted by molar-refractivity contribution is -0.118. The maximum Gasteiger partial charge on any atom is 0.266 e. The maximum absolute atomic E-state index is 13.7. The highest BCUT2D eigenvalue weighted by atomic mass is 19.1. The first-order valence-electron chi connectivity index (χ1n) is 11.3. The van der Waals surface area contributed by atoms with Crippen molar-refractivity contribution in [1.82, 2.24) is 0 Å². The molecule has 2 N–H and O–H groups in total. The molecule has 0 bridgehead atoms. The minimum absolute atomic E-state index is 0.0554. The van der Waals surface area contributed by atoms with Gasteiger partial charge in [-0.2, -0.15) is 5.26 Å². The third kappa shape index (κ3) is 6.70. The molecule has 0 heterocycles. The fourth-order valence-corrected chi connectivity index (χ4v) is 3.29. The number of carbonyl (C=O) groups is 2. The van der Waals surface area contributed by atoms with Gasteiger partial charge in [0.2, 0.25) is 0 Å². The molecule has 184 valence electrons. The molecule has 0 aliphatic carbocycles. The van der Waals surface area contributed by atoms with E-state index < -0.39 is 17.6 Å². The van der Waals surface area contributed by atoms with Crippen molar-refractivity contribution >= 4 is 29.3 Å². The van der Waals surface area contributed by atoms with Crippen LogP contribution in [0.1, 0.15) is 23.6 Å². The minimum atomic E-state index is -0.549. The molecule has 3 aromatic rings. The number of benzene rings is 3. The third-order valence-corrected chi connectivity index (χ3v) is 5.30. The lowest BCUT2D eigenvalue weighted by Crippen LogP contribution is -2.21.